The van der Waals surface area contributed by atoms with Crippen LogP contribution in [0, 0.1) is 0 Å². The monoisotopic (exact) mass is 260 g/mol. The van der Waals surface area contributed by atoms with E-state index in [0.717, 1.165) is 0 Å². The molecule has 0 amide bonds. The molecule has 0 aromatic rings. The van der Waals surface area contributed by atoms with Crippen LogP contribution in [0.3, 0.4) is 0 Å². The smallest absolute Gasteiger partial charge is 0.396 e. The van der Waals surface area contributed by atoms with Crippen LogP contribution in [0.2, 0.25) is 0 Å². The van der Waals surface area contributed by atoms with E-state index in [9.17, 15) is 39.7 Å². The Labute approximate surface area is 80.5 Å². The molecule has 94 valence electrons. The maximum Gasteiger partial charge on any atom is 0.396 e. The van der Waals surface area contributed by atoms with Crippen molar-refractivity contribution < 1.29 is 39.7 Å². The molecule has 0 N–H and O–H groups in total. The van der Waals surface area contributed by atoms with E-state index in [1.54, 1.807) is 0 Å². The van der Waals surface area contributed by atoms with E-state index in [2.05, 4.69) is 0 Å². The molecule has 0 radical (unpaired) electrons. The fourth-order valence-corrected chi connectivity index (χ4v) is 2.10. The van der Waals surface area contributed by atoms with Gasteiger partial charge in [0.15, 0.2) is 0 Å². The van der Waals surface area contributed by atoms with Gasteiger partial charge in [0.1, 0.15) is 0 Å². The minimum Gasteiger partial charge on any atom is -0.798 e. The van der Waals surface area contributed by atoms with Gasteiger partial charge in [-0.25, -0.2) is 9.63 Å². The third kappa shape index (κ3) is 8.63. The van der Waals surface area contributed by atoms with Gasteiger partial charge in [-0.05, 0) is 5.75 Å². The number of alkyl halides is 6. The van der Waals surface area contributed by atoms with E-state index in [1.165, 1.54) is 0 Å². The summed E-state index contributed by atoms with van der Waals surface area (Å²) in [5.74, 6) is -4.87. The van der Waals surface area contributed by atoms with Gasteiger partial charge in [-0.1, -0.05) is 0 Å². The van der Waals surface area contributed by atoms with Gasteiger partial charge < -0.3 is 13.3 Å². The molecule has 0 aromatic heterocycles. The molecule has 0 saturated heterocycles. The highest BCUT2D eigenvalue weighted by atomic mass is 32.3. The summed E-state index contributed by atoms with van der Waals surface area (Å²) in [5, 5.41) is 0. The third-order valence-corrected chi connectivity index (χ3v) is 3.10. The number of hydrogen-bond donors (Lipinski definition) is 0. The molecule has 0 heterocycles. The Morgan fingerprint density at radius 3 is 1.60 bits per heavy atom. The summed E-state index contributed by atoms with van der Waals surface area (Å²) in [7, 11) is -6.76. The number of hydrogen-bond acceptors (Lipinski definition) is 3. The van der Waals surface area contributed by atoms with Crippen molar-refractivity contribution in [1.82, 2.24) is 0 Å². The molecule has 3 nitrogen and oxygen atoms in total. The maximum absolute atomic E-state index is 11.6. The first kappa shape index (κ1) is 14.6. The summed E-state index contributed by atoms with van der Waals surface area (Å²) in [6, 6.07) is 0. The van der Waals surface area contributed by atoms with E-state index in [-0.39, 0.29) is 0 Å². The zero-order valence-electron chi connectivity index (χ0n) is 7.02. The van der Waals surface area contributed by atoms with Crippen molar-refractivity contribution in [3.8, 4) is 0 Å². The second-order valence-corrected chi connectivity index (χ2v) is 5.87. The Bertz CT molecular complexity index is 286. The standard InChI is InChI=1S/C5H8F6O3S/c6-4(7,8)1-2-15(12,13,14)3-5(9,10)11/h1-3H2,(H2,12,13,14)/p-2. The molecule has 0 aliphatic carbocycles. The summed E-state index contributed by atoms with van der Waals surface area (Å²) in [4.78, 5) is 0. The molecule has 0 aliphatic rings. The van der Waals surface area contributed by atoms with Crippen LogP contribution in [0.5, 0.6) is 0 Å². The van der Waals surface area contributed by atoms with Gasteiger partial charge in [0.25, 0.3) is 0 Å². The highest BCUT2D eigenvalue weighted by molar-refractivity contribution is 8.10. The number of sulfone groups is 3. The van der Waals surface area contributed by atoms with Crippen molar-refractivity contribution >= 4 is 9.63 Å². The molecule has 10 heteroatoms. The summed E-state index contributed by atoms with van der Waals surface area (Å²) in [6.07, 6.45) is -12.4. The Balaban J connectivity index is 4.58. The molecular formula is C5H6F6O3S-2. The van der Waals surface area contributed by atoms with Crippen molar-refractivity contribution in [2.24, 2.45) is 0 Å². The van der Waals surface area contributed by atoms with Gasteiger partial charge in [0, 0.05) is 0 Å². The van der Waals surface area contributed by atoms with Crippen molar-refractivity contribution in [2.75, 3.05) is 11.5 Å². The maximum atomic E-state index is 11.6. The van der Waals surface area contributed by atoms with Crippen molar-refractivity contribution in [3.05, 3.63) is 0 Å². The fourth-order valence-electron chi connectivity index (χ4n) is 0.701. The average molecular weight is 260 g/mol. The third-order valence-electron chi connectivity index (χ3n) is 1.22. The van der Waals surface area contributed by atoms with Crippen molar-refractivity contribution in [1.29, 1.82) is 0 Å². The summed E-state index contributed by atoms with van der Waals surface area (Å²) < 4.78 is 101. The topological polar surface area (TPSA) is 63.2 Å². The molecule has 0 saturated carbocycles. The first-order valence-electron chi connectivity index (χ1n) is 3.42. The summed E-state index contributed by atoms with van der Waals surface area (Å²) >= 11 is 0. The lowest BCUT2D eigenvalue weighted by molar-refractivity contribution is -0.131. The van der Waals surface area contributed by atoms with E-state index in [1.807, 2.05) is 0 Å². The van der Waals surface area contributed by atoms with Crippen LogP contribution in [0.15, 0.2) is 0 Å². The van der Waals surface area contributed by atoms with Gasteiger partial charge in [0.05, 0.1) is 12.2 Å². The molecule has 0 atom stereocenters. The zero-order valence-corrected chi connectivity index (χ0v) is 7.84. The van der Waals surface area contributed by atoms with Crippen LogP contribution in [-0.2, 0) is 9.63 Å². The molecule has 0 fully saturated rings. The summed E-state index contributed by atoms with van der Waals surface area (Å²) in [6.45, 7) is 0. The minimum absolute atomic E-state index is 2.08. The van der Waals surface area contributed by atoms with Crippen LogP contribution >= 0.6 is 0 Å². The molecular weight excluding hydrogens is 254 g/mol. The molecule has 0 bridgehead atoms. The lowest BCUT2D eigenvalue weighted by Gasteiger charge is -2.55. The predicted molar refractivity (Wildman–Crippen MR) is 36.2 cm³/mol. The minimum atomic E-state index is -6.76. The largest absolute Gasteiger partial charge is 0.798 e. The molecule has 15 heavy (non-hydrogen) atoms. The fraction of sp³-hybridized carbons (Fsp3) is 1.00. The molecule has 0 aliphatic heterocycles. The Hall–Kier alpha value is -0.350. The molecule has 0 unspecified atom stereocenters. The van der Waals surface area contributed by atoms with Gasteiger partial charge in [0.2, 0.25) is 0 Å². The average Bonchev–Trinajstić information content (AvgIpc) is 1.74. The van der Waals surface area contributed by atoms with Gasteiger partial charge >= 0.3 is 12.4 Å². The van der Waals surface area contributed by atoms with E-state index in [4.69, 9.17) is 0 Å². The van der Waals surface area contributed by atoms with E-state index in [0.29, 0.717) is 0 Å². The van der Waals surface area contributed by atoms with Crippen LogP contribution < -0.4 is 0 Å². The molecule has 0 spiro atoms. The second kappa shape index (κ2) is 3.59. The van der Waals surface area contributed by atoms with Crippen molar-refractivity contribution in [3.63, 3.8) is 0 Å². The number of rotatable bonds is 3. The zero-order chi connectivity index (χ0) is 12.6. The van der Waals surface area contributed by atoms with Gasteiger partial charge in [-0.15, -0.1) is 0 Å². The number of halogens is 6. The second-order valence-electron chi connectivity index (χ2n) is 2.94. The lowest BCUT2D eigenvalue weighted by atomic mass is 10.5. The van der Waals surface area contributed by atoms with Crippen LogP contribution in [0.1, 0.15) is 6.42 Å². The lowest BCUT2D eigenvalue weighted by Crippen LogP contribution is -2.46. The SMILES string of the molecule is O=S([O-])([O-])(CCC(F)(F)F)CC(F)(F)F. The highest BCUT2D eigenvalue weighted by Crippen LogP contribution is 2.31. The Morgan fingerprint density at radius 1 is 0.933 bits per heavy atom. The van der Waals surface area contributed by atoms with Crippen LogP contribution in [-0.4, -0.2) is 37.2 Å². The highest BCUT2D eigenvalue weighted by Gasteiger charge is 2.36. The molecule has 0 aromatic carbocycles. The normalized spacial score (nSPS) is 17.2. The Kier molecular flexibility index (Phi) is 3.51. The Morgan fingerprint density at radius 2 is 1.33 bits per heavy atom. The van der Waals surface area contributed by atoms with E-state index >= 15 is 0 Å². The first-order valence-corrected chi connectivity index (χ1v) is 5.57. The van der Waals surface area contributed by atoms with Gasteiger partial charge in [-0.2, -0.15) is 26.3 Å². The van der Waals surface area contributed by atoms with Crippen LogP contribution in [0.25, 0.3) is 0 Å². The van der Waals surface area contributed by atoms with E-state index < -0.39 is 39.9 Å². The quantitative estimate of drug-likeness (QED) is 0.724. The summed E-state index contributed by atoms with van der Waals surface area (Å²) in [5.41, 5.74) is 0. The predicted octanol–water partition coefficient (Wildman–Crippen LogP) is 1.58. The van der Waals surface area contributed by atoms with Crippen molar-refractivity contribution in [2.45, 2.75) is 18.8 Å². The first-order chi connectivity index (χ1) is 6.18. The van der Waals surface area contributed by atoms with Crippen LogP contribution in [0.4, 0.5) is 26.3 Å². The van der Waals surface area contributed by atoms with Gasteiger partial charge in [-0.3, -0.25) is 0 Å². The molecule has 0 rings (SSSR count).